The first-order valence-electron chi connectivity index (χ1n) is 9.06. The van der Waals surface area contributed by atoms with E-state index in [4.69, 9.17) is 11.6 Å². The number of nitrogens with one attached hydrogen (secondary N) is 2. The Hall–Kier alpha value is -1.74. The van der Waals surface area contributed by atoms with E-state index in [0.29, 0.717) is 42.3 Å². The average molecular weight is 415 g/mol. The molecule has 8 nitrogen and oxygen atoms in total. The van der Waals surface area contributed by atoms with Gasteiger partial charge in [-0.15, -0.1) is 0 Å². The van der Waals surface area contributed by atoms with Crippen LogP contribution in [0.5, 0.6) is 0 Å². The molecule has 1 saturated heterocycles. The molecule has 1 aliphatic heterocycles. The second kappa shape index (κ2) is 9.98. The lowest BCUT2D eigenvalue weighted by atomic mass is 10.2. The Kier molecular flexibility index (Phi) is 7.97. The molecule has 0 bridgehead atoms. The first-order chi connectivity index (χ1) is 12.8. The number of halogens is 1. The first kappa shape index (κ1) is 21.6. The molecule has 1 aromatic rings. The minimum atomic E-state index is -0.0655. The number of anilines is 1. The maximum Gasteiger partial charge on any atom is 0.317 e. The molecule has 0 aliphatic carbocycles. The quantitative estimate of drug-likeness (QED) is 0.420. The number of urea groups is 1. The number of hydrogen-bond acceptors (Lipinski definition) is 6. The van der Waals surface area contributed by atoms with E-state index in [1.807, 2.05) is 32.6 Å². The number of amides is 3. The van der Waals surface area contributed by atoms with Gasteiger partial charge in [-0.1, -0.05) is 23.4 Å². The summed E-state index contributed by atoms with van der Waals surface area (Å²) in [7, 11) is 0. The van der Waals surface area contributed by atoms with Gasteiger partial charge in [-0.05, 0) is 27.7 Å². The number of carbonyl (C=O) groups is 2. The Morgan fingerprint density at radius 1 is 1.37 bits per heavy atom. The minimum absolute atomic E-state index is 0.0437. The first-order valence-corrected chi connectivity index (χ1v) is 10.4. The highest BCUT2D eigenvalue weighted by atomic mass is 35.5. The van der Waals surface area contributed by atoms with Gasteiger partial charge in [-0.25, -0.2) is 14.8 Å². The lowest BCUT2D eigenvalue weighted by molar-refractivity contribution is -0.119. The highest BCUT2D eigenvalue weighted by molar-refractivity contribution is 7.99. The van der Waals surface area contributed by atoms with Gasteiger partial charge in [0.05, 0.1) is 5.75 Å². The fraction of sp³-hybridized carbons (Fsp3) is 0.647. The topological polar surface area (TPSA) is 90.5 Å². The van der Waals surface area contributed by atoms with Gasteiger partial charge in [0.2, 0.25) is 5.91 Å². The molecular formula is C17H27ClN6O2S. The molecule has 27 heavy (non-hydrogen) atoms. The highest BCUT2D eigenvalue weighted by Crippen LogP contribution is 2.24. The third-order valence-electron chi connectivity index (χ3n) is 3.98. The van der Waals surface area contributed by atoms with E-state index in [-0.39, 0.29) is 29.8 Å². The average Bonchev–Trinajstić information content (AvgIpc) is 2.59. The Morgan fingerprint density at radius 2 is 2.11 bits per heavy atom. The van der Waals surface area contributed by atoms with Gasteiger partial charge >= 0.3 is 6.03 Å². The van der Waals surface area contributed by atoms with Crippen LogP contribution < -0.4 is 15.5 Å². The van der Waals surface area contributed by atoms with Crippen molar-refractivity contribution in [2.24, 2.45) is 0 Å². The highest BCUT2D eigenvalue weighted by Gasteiger charge is 2.28. The summed E-state index contributed by atoms with van der Waals surface area (Å²) in [6.07, 6.45) is 0. The molecule has 0 aromatic carbocycles. The predicted molar refractivity (Wildman–Crippen MR) is 108 cm³/mol. The smallest absolute Gasteiger partial charge is 0.317 e. The molecule has 150 valence electrons. The van der Waals surface area contributed by atoms with Gasteiger partial charge < -0.3 is 20.4 Å². The summed E-state index contributed by atoms with van der Waals surface area (Å²) in [5.41, 5.74) is 0. The number of nitrogens with zero attached hydrogens (tertiary/aromatic N) is 4. The van der Waals surface area contributed by atoms with Crippen molar-refractivity contribution >= 4 is 41.1 Å². The molecule has 1 aliphatic rings. The Bertz CT molecular complexity index is 675. The van der Waals surface area contributed by atoms with Crippen molar-refractivity contribution in [1.82, 2.24) is 25.5 Å². The van der Waals surface area contributed by atoms with Crippen LogP contribution in [-0.2, 0) is 4.79 Å². The molecule has 0 saturated carbocycles. The standard InChI is InChI=1S/C17H27ClN6O2S/c1-5-19-17(26)24-7-6-23(9-12(24)4)14-8-13(18)21-16(22-14)27-10-15(25)20-11(2)3/h8,11-12H,5-7,9-10H2,1-4H3,(H,19,26)(H,20,25)/t12-/m0/s1. The van der Waals surface area contributed by atoms with E-state index in [1.54, 1.807) is 6.07 Å². The number of piperazine rings is 1. The molecular weight excluding hydrogens is 388 g/mol. The van der Waals surface area contributed by atoms with Crippen LogP contribution in [0.25, 0.3) is 0 Å². The Balaban J connectivity index is 2.01. The summed E-state index contributed by atoms with van der Waals surface area (Å²) in [5.74, 6) is 0.882. The summed E-state index contributed by atoms with van der Waals surface area (Å²) < 4.78 is 0. The zero-order valence-electron chi connectivity index (χ0n) is 16.2. The molecule has 1 fully saturated rings. The van der Waals surface area contributed by atoms with E-state index < -0.39 is 0 Å². The third-order valence-corrected chi connectivity index (χ3v) is 5.02. The summed E-state index contributed by atoms with van der Waals surface area (Å²) >= 11 is 7.42. The number of thioether (sulfide) groups is 1. The van der Waals surface area contributed by atoms with Gasteiger partial charge in [-0.2, -0.15) is 0 Å². The zero-order valence-corrected chi connectivity index (χ0v) is 17.7. The van der Waals surface area contributed by atoms with Crippen LogP contribution in [0.15, 0.2) is 11.2 Å². The van der Waals surface area contributed by atoms with Crippen molar-refractivity contribution in [3.8, 4) is 0 Å². The van der Waals surface area contributed by atoms with E-state index >= 15 is 0 Å². The van der Waals surface area contributed by atoms with Crippen molar-refractivity contribution in [1.29, 1.82) is 0 Å². The van der Waals surface area contributed by atoms with Gasteiger partial charge in [0.25, 0.3) is 0 Å². The van der Waals surface area contributed by atoms with E-state index in [0.717, 1.165) is 0 Å². The van der Waals surface area contributed by atoms with Crippen LogP contribution in [0, 0.1) is 0 Å². The zero-order chi connectivity index (χ0) is 20.0. The van der Waals surface area contributed by atoms with Crippen molar-refractivity contribution in [2.45, 2.75) is 44.9 Å². The summed E-state index contributed by atoms with van der Waals surface area (Å²) in [6.45, 7) is 10.3. The molecule has 0 unspecified atom stereocenters. The number of aromatic nitrogens is 2. The monoisotopic (exact) mass is 414 g/mol. The maximum absolute atomic E-state index is 12.1. The van der Waals surface area contributed by atoms with Gasteiger partial charge in [-0.3, -0.25) is 4.79 Å². The second-order valence-corrected chi connectivity index (χ2v) is 8.00. The van der Waals surface area contributed by atoms with Crippen LogP contribution in [0.4, 0.5) is 10.6 Å². The predicted octanol–water partition coefficient (Wildman–Crippen LogP) is 1.99. The summed E-state index contributed by atoms with van der Waals surface area (Å²) in [4.78, 5) is 36.6. The van der Waals surface area contributed by atoms with E-state index in [2.05, 4.69) is 25.5 Å². The maximum atomic E-state index is 12.1. The molecule has 10 heteroatoms. The van der Waals surface area contributed by atoms with Gasteiger partial charge in [0.15, 0.2) is 5.16 Å². The minimum Gasteiger partial charge on any atom is -0.353 e. The third kappa shape index (κ3) is 6.42. The lowest BCUT2D eigenvalue weighted by Crippen LogP contribution is -2.56. The van der Waals surface area contributed by atoms with E-state index in [9.17, 15) is 9.59 Å². The molecule has 0 spiro atoms. The van der Waals surface area contributed by atoms with Crippen LogP contribution >= 0.6 is 23.4 Å². The largest absolute Gasteiger partial charge is 0.353 e. The van der Waals surface area contributed by atoms with Gasteiger partial charge in [0.1, 0.15) is 11.0 Å². The van der Waals surface area contributed by atoms with Gasteiger partial charge in [0, 0.05) is 44.3 Å². The van der Waals surface area contributed by atoms with E-state index in [1.165, 1.54) is 11.8 Å². The van der Waals surface area contributed by atoms with Crippen molar-refractivity contribution in [2.75, 3.05) is 36.8 Å². The van der Waals surface area contributed by atoms with Crippen molar-refractivity contribution < 1.29 is 9.59 Å². The SMILES string of the molecule is CCNC(=O)N1CCN(c2cc(Cl)nc(SCC(=O)NC(C)C)n2)C[C@@H]1C. The molecule has 2 rings (SSSR count). The fourth-order valence-electron chi connectivity index (χ4n) is 2.83. The number of rotatable bonds is 6. The van der Waals surface area contributed by atoms with Crippen LogP contribution in [0.3, 0.4) is 0 Å². The Labute approximate surface area is 169 Å². The summed E-state index contributed by atoms with van der Waals surface area (Å²) in [6, 6.07) is 1.82. The Morgan fingerprint density at radius 3 is 2.74 bits per heavy atom. The van der Waals surface area contributed by atoms with Crippen molar-refractivity contribution in [3.05, 3.63) is 11.2 Å². The van der Waals surface area contributed by atoms with Crippen LogP contribution in [-0.4, -0.2) is 70.8 Å². The molecule has 0 radical (unpaired) electrons. The molecule has 2 N–H and O–H groups in total. The number of hydrogen-bond donors (Lipinski definition) is 2. The second-order valence-electron chi connectivity index (χ2n) is 6.67. The fourth-order valence-corrected chi connectivity index (χ4v) is 3.72. The van der Waals surface area contributed by atoms with Crippen molar-refractivity contribution in [3.63, 3.8) is 0 Å². The van der Waals surface area contributed by atoms with Crippen LogP contribution in [0.1, 0.15) is 27.7 Å². The number of carbonyl (C=O) groups excluding carboxylic acids is 2. The van der Waals surface area contributed by atoms with Crippen LogP contribution in [0.2, 0.25) is 5.15 Å². The molecule has 3 amide bonds. The molecule has 2 heterocycles. The molecule has 1 atom stereocenters. The molecule has 1 aromatic heterocycles. The lowest BCUT2D eigenvalue weighted by Gasteiger charge is -2.40. The summed E-state index contributed by atoms with van der Waals surface area (Å²) in [5, 5.41) is 6.48. The normalized spacial score (nSPS) is 17.2.